The van der Waals surface area contributed by atoms with E-state index in [0.29, 0.717) is 16.8 Å². The van der Waals surface area contributed by atoms with Crippen molar-refractivity contribution in [3.05, 3.63) is 40.6 Å². The zero-order valence-electron chi connectivity index (χ0n) is 8.88. The van der Waals surface area contributed by atoms with Crippen molar-refractivity contribution in [1.82, 2.24) is 15.2 Å². The maximum Gasteiger partial charge on any atom is 0.347 e. The minimum atomic E-state index is -0.471. The molecule has 0 aliphatic heterocycles. The van der Waals surface area contributed by atoms with Crippen LogP contribution in [0.5, 0.6) is 0 Å². The first-order valence-electron chi connectivity index (χ1n) is 4.94. The second-order valence-corrected chi connectivity index (χ2v) is 3.45. The summed E-state index contributed by atoms with van der Waals surface area (Å²) in [6.45, 7) is 1.65. The second kappa shape index (κ2) is 3.51. The van der Waals surface area contributed by atoms with Crippen molar-refractivity contribution in [3.63, 3.8) is 0 Å². The maximum absolute atomic E-state index is 11.7. The van der Waals surface area contributed by atoms with Crippen LogP contribution >= 0.6 is 0 Å². The number of aryl methyl sites for hydroxylation is 1. The molecule has 2 heterocycles. The number of fused-ring (bicyclic) bond motifs is 1. The van der Waals surface area contributed by atoms with E-state index in [1.54, 1.807) is 31.2 Å². The Morgan fingerprint density at radius 3 is 2.65 bits per heavy atom. The van der Waals surface area contributed by atoms with Crippen molar-refractivity contribution < 1.29 is 8.83 Å². The summed E-state index contributed by atoms with van der Waals surface area (Å²) in [6, 6.07) is 6.91. The number of hydrogen-bond donors (Lipinski definition) is 0. The lowest BCUT2D eigenvalue weighted by atomic mass is 10.2. The molecule has 0 fully saturated rings. The topological polar surface area (TPSA) is 82.0 Å². The Kier molecular flexibility index (Phi) is 2.01. The average Bonchev–Trinajstić information content (AvgIpc) is 2.76. The summed E-state index contributed by atoms with van der Waals surface area (Å²) in [7, 11) is 0. The molecule has 0 amide bonds. The van der Waals surface area contributed by atoms with Crippen molar-refractivity contribution in [2.45, 2.75) is 6.92 Å². The van der Waals surface area contributed by atoms with Crippen LogP contribution in [0.2, 0.25) is 0 Å². The average molecular weight is 229 g/mol. The third kappa shape index (κ3) is 1.59. The van der Waals surface area contributed by atoms with Gasteiger partial charge >= 0.3 is 11.5 Å². The molecule has 0 aliphatic carbocycles. The van der Waals surface area contributed by atoms with Crippen LogP contribution in [0.25, 0.3) is 22.7 Å². The molecule has 6 heteroatoms. The van der Waals surface area contributed by atoms with E-state index in [-0.39, 0.29) is 11.8 Å². The zero-order chi connectivity index (χ0) is 11.8. The molecular weight excluding hydrogens is 222 g/mol. The molecule has 3 aromatic rings. The van der Waals surface area contributed by atoms with Crippen LogP contribution in [-0.2, 0) is 0 Å². The van der Waals surface area contributed by atoms with Gasteiger partial charge in [0.1, 0.15) is 0 Å². The van der Waals surface area contributed by atoms with Gasteiger partial charge in [0.2, 0.25) is 5.89 Å². The van der Waals surface area contributed by atoms with Gasteiger partial charge in [-0.2, -0.15) is 0 Å². The van der Waals surface area contributed by atoms with E-state index < -0.39 is 5.63 Å². The number of benzene rings is 1. The van der Waals surface area contributed by atoms with E-state index in [9.17, 15) is 4.79 Å². The van der Waals surface area contributed by atoms with Gasteiger partial charge in [-0.1, -0.05) is 12.1 Å². The van der Waals surface area contributed by atoms with Crippen LogP contribution in [0, 0.1) is 6.92 Å². The van der Waals surface area contributed by atoms with Crippen LogP contribution in [0.4, 0.5) is 0 Å². The van der Waals surface area contributed by atoms with E-state index in [4.69, 9.17) is 8.83 Å². The molecule has 0 saturated carbocycles. The number of rotatable bonds is 1. The maximum atomic E-state index is 11.7. The Balaban J connectivity index is 2.29. The molecule has 17 heavy (non-hydrogen) atoms. The summed E-state index contributed by atoms with van der Waals surface area (Å²) in [6.07, 6.45) is 0. The van der Waals surface area contributed by atoms with Gasteiger partial charge in [0.05, 0.1) is 10.9 Å². The Morgan fingerprint density at radius 2 is 1.88 bits per heavy atom. The zero-order valence-corrected chi connectivity index (χ0v) is 8.88. The molecule has 2 aromatic heterocycles. The summed E-state index contributed by atoms with van der Waals surface area (Å²) in [4.78, 5) is 15.8. The normalized spacial score (nSPS) is 10.9. The van der Waals surface area contributed by atoms with Gasteiger partial charge < -0.3 is 8.83 Å². The fraction of sp³-hybridized carbons (Fsp3) is 0.0909. The molecular formula is C11H7N3O3. The molecule has 6 nitrogen and oxygen atoms in total. The third-order valence-electron chi connectivity index (χ3n) is 2.24. The van der Waals surface area contributed by atoms with Crippen molar-refractivity contribution in [2.75, 3.05) is 0 Å². The fourth-order valence-corrected chi connectivity index (χ4v) is 1.49. The molecule has 1 aromatic carbocycles. The SMILES string of the molecule is Cc1nnc(-c2nc3ccccc3c(=O)o2)o1. The summed E-state index contributed by atoms with van der Waals surface area (Å²) >= 11 is 0. The summed E-state index contributed by atoms with van der Waals surface area (Å²) in [5.41, 5.74) is 0.0658. The Bertz CT molecular complexity index is 745. The van der Waals surface area contributed by atoms with E-state index >= 15 is 0 Å². The lowest BCUT2D eigenvalue weighted by molar-refractivity contribution is 0.466. The number of aromatic nitrogens is 3. The molecule has 0 bridgehead atoms. The van der Waals surface area contributed by atoms with Crippen LogP contribution in [-0.4, -0.2) is 15.2 Å². The molecule has 0 aliphatic rings. The quantitative estimate of drug-likeness (QED) is 0.629. The summed E-state index contributed by atoms with van der Waals surface area (Å²) < 4.78 is 10.2. The first-order valence-corrected chi connectivity index (χ1v) is 4.94. The molecule has 84 valence electrons. The van der Waals surface area contributed by atoms with Gasteiger partial charge in [-0.3, -0.25) is 0 Å². The first-order chi connectivity index (χ1) is 8.24. The van der Waals surface area contributed by atoms with Gasteiger partial charge in [0.25, 0.3) is 5.89 Å². The predicted octanol–water partition coefficient (Wildman–Crippen LogP) is 1.55. The van der Waals surface area contributed by atoms with Crippen molar-refractivity contribution >= 4 is 10.9 Å². The van der Waals surface area contributed by atoms with Crippen molar-refractivity contribution in [3.8, 4) is 11.8 Å². The molecule has 0 N–H and O–H groups in total. The van der Waals surface area contributed by atoms with Gasteiger partial charge in [0.15, 0.2) is 0 Å². The van der Waals surface area contributed by atoms with Gasteiger partial charge in [0, 0.05) is 6.92 Å². The van der Waals surface area contributed by atoms with Crippen molar-refractivity contribution in [2.24, 2.45) is 0 Å². The highest BCUT2D eigenvalue weighted by Crippen LogP contribution is 2.16. The minimum Gasteiger partial charge on any atom is -0.417 e. The highest BCUT2D eigenvalue weighted by atomic mass is 16.4. The molecule has 0 spiro atoms. The molecule has 0 atom stereocenters. The lowest BCUT2D eigenvalue weighted by Crippen LogP contribution is -2.02. The van der Waals surface area contributed by atoms with Gasteiger partial charge in [-0.05, 0) is 12.1 Å². The second-order valence-electron chi connectivity index (χ2n) is 3.45. The summed E-state index contributed by atoms with van der Waals surface area (Å²) in [5.74, 6) is 0.525. The van der Waals surface area contributed by atoms with Crippen LogP contribution < -0.4 is 5.63 Å². The number of para-hydroxylation sites is 1. The smallest absolute Gasteiger partial charge is 0.347 e. The van der Waals surface area contributed by atoms with Crippen LogP contribution in [0.3, 0.4) is 0 Å². The Morgan fingerprint density at radius 1 is 1.06 bits per heavy atom. The Labute approximate surface area is 94.9 Å². The highest BCUT2D eigenvalue weighted by Gasteiger charge is 2.13. The first kappa shape index (κ1) is 9.71. The van der Waals surface area contributed by atoms with E-state index in [1.165, 1.54) is 0 Å². The molecule has 3 rings (SSSR count). The number of hydrogen-bond acceptors (Lipinski definition) is 6. The third-order valence-corrected chi connectivity index (χ3v) is 2.24. The molecule has 0 unspecified atom stereocenters. The lowest BCUT2D eigenvalue weighted by Gasteiger charge is -1.96. The highest BCUT2D eigenvalue weighted by molar-refractivity contribution is 5.77. The van der Waals surface area contributed by atoms with Crippen LogP contribution in [0.15, 0.2) is 37.9 Å². The predicted molar refractivity (Wildman–Crippen MR) is 58.3 cm³/mol. The molecule has 0 radical (unpaired) electrons. The Hall–Kier alpha value is -2.50. The molecule has 0 saturated heterocycles. The van der Waals surface area contributed by atoms with Crippen molar-refractivity contribution in [1.29, 1.82) is 0 Å². The van der Waals surface area contributed by atoms with Gasteiger partial charge in [-0.15, -0.1) is 10.2 Å². The van der Waals surface area contributed by atoms with E-state index in [0.717, 1.165) is 0 Å². The number of nitrogens with zero attached hydrogens (tertiary/aromatic N) is 3. The minimum absolute atomic E-state index is 0.0364. The van der Waals surface area contributed by atoms with E-state index in [2.05, 4.69) is 15.2 Å². The summed E-state index contributed by atoms with van der Waals surface area (Å²) in [5, 5.41) is 7.83. The van der Waals surface area contributed by atoms with Gasteiger partial charge in [-0.25, -0.2) is 9.78 Å². The largest absolute Gasteiger partial charge is 0.417 e. The standard InChI is InChI=1S/C11H7N3O3/c1-6-13-14-10(16-6)9-12-8-5-3-2-4-7(8)11(15)17-9/h2-5H,1H3. The monoisotopic (exact) mass is 229 g/mol. The fourth-order valence-electron chi connectivity index (χ4n) is 1.49. The van der Waals surface area contributed by atoms with E-state index in [1.807, 2.05) is 0 Å². The van der Waals surface area contributed by atoms with Crippen LogP contribution in [0.1, 0.15) is 5.89 Å².